The maximum atomic E-state index is 12.6. The number of hydrogen-bond donors (Lipinski definition) is 1. The van der Waals surface area contributed by atoms with Gasteiger partial charge in [0.05, 0.1) is 11.6 Å². The quantitative estimate of drug-likeness (QED) is 0.901. The largest absolute Gasteiger partial charge is 0.337 e. The monoisotopic (exact) mass is 274 g/mol. The van der Waals surface area contributed by atoms with Gasteiger partial charge in [0.2, 0.25) is 5.91 Å². The molecule has 1 aliphatic rings. The maximum Gasteiger partial charge on any atom is 0.328 e. The first-order valence-corrected chi connectivity index (χ1v) is 6.96. The van der Waals surface area contributed by atoms with Gasteiger partial charge in [-0.15, -0.1) is 0 Å². The van der Waals surface area contributed by atoms with E-state index in [1.54, 1.807) is 0 Å². The Morgan fingerprint density at radius 2 is 1.80 bits per heavy atom. The van der Waals surface area contributed by atoms with Gasteiger partial charge >= 0.3 is 6.03 Å². The molecule has 0 spiro atoms. The number of aryl methyl sites for hydroxylation is 1. The molecule has 4 heteroatoms. The summed E-state index contributed by atoms with van der Waals surface area (Å²) in [6, 6.07) is 7.11. The van der Waals surface area contributed by atoms with Crippen LogP contribution in [0.25, 0.3) is 0 Å². The standard InChI is InChI=1S/C16H22N2O2/c1-11-5-7-13(8-6-11)18-14(19)12(9-16(2,3)4)10-17-15(18)20/h5-8,12H,9-10H2,1-4H3,(H,17,20). The van der Waals surface area contributed by atoms with Crippen molar-refractivity contribution >= 4 is 17.6 Å². The van der Waals surface area contributed by atoms with Gasteiger partial charge in [-0.3, -0.25) is 4.79 Å². The summed E-state index contributed by atoms with van der Waals surface area (Å²) in [5.41, 5.74) is 1.79. The fourth-order valence-corrected chi connectivity index (χ4v) is 2.50. The minimum atomic E-state index is -0.330. The third-order valence-corrected chi connectivity index (χ3v) is 3.42. The minimum Gasteiger partial charge on any atom is -0.337 e. The Morgan fingerprint density at radius 3 is 2.35 bits per heavy atom. The lowest BCUT2D eigenvalue weighted by Crippen LogP contribution is -2.55. The number of anilines is 1. The number of hydrogen-bond acceptors (Lipinski definition) is 2. The number of amides is 3. The molecule has 1 atom stereocenters. The summed E-state index contributed by atoms with van der Waals surface area (Å²) in [7, 11) is 0. The smallest absolute Gasteiger partial charge is 0.328 e. The normalized spacial score (nSPS) is 20.0. The molecule has 0 bridgehead atoms. The van der Waals surface area contributed by atoms with E-state index in [0.717, 1.165) is 12.0 Å². The van der Waals surface area contributed by atoms with E-state index in [4.69, 9.17) is 0 Å². The Morgan fingerprint density at radius 1 is 1.20 bits per heavy atom. The Balaban J connectivity index is 2.24. The molecule has 1 fully saturated rings. The summed E-state index contributed by atoms with van der Waals surface area (Å²) in [6.45, 7) is 8.72. The molecule has 1 aromatic rings. The van der Waals surface area contributed by atoms with Crippen molar-refractivity contribution in [3.8, 4) is 0 Å². The van der Waals surface area contributed by atoms with E-state index in [1.807, 2.05) is 31.2 Å². The second kappa shape index (κ2) is 5.27. The number of imide groups is 1. The third-order valence-electron chi connectivity index (χ3n) is 3.42. The topological polar surface area (TPSA) is 49.4 Å². The molecule has 1 aliphatic heterocycles. The van der Waals surface area contributed by atoms with Crippen LogP contribution in [0.4, 0.5) is 10.5 Å². The van der Waals surface area contributed by atoms with Crippen LogP contribution in [-0.2, 0) is 4.79 Å². The molecule has 0 saturated carbocycles. The molecule has 1 saturated heterocycles. The molecule has 1 heterocycles. The highest BCUT2D eigenvalue weighted by Crippen LogP contribution is 2.29. The number of nitrogens with zero attached hydrogens (tertiary/aromatic N) is 1. The molecule has 1 unspecified atom stereocenters. The van der Waals surface area contributed by atoms with Gasteiger partial charge in [-0.25, -0.2) is 9.69 Å². The van der Waals surface area contributed by atoms with E-state index in [1.165, 1.54) is 4.90 Å². The first-order chi connectivity index (χ1) is 9.28. The summed E-state index contributed by atoms with van der Waals surface area (Å²) in [5, 5.41) is 2.81. The van der Waals surface area contributed by atoms with Gasteiger partial charge in [0.1, 0.15) is 0 Å². The summed E-state index contributed by atoms with van der Waals surface area (Å²) in [5.74, 6) is -0.262. The molecule has 20 heavy (non-hydrogen) atoms. The SMILES string of the molecule is Cc1ccc(N2C(=O)NCC(CC(C)(C)C)C2=O)cc1. The number of rotatable bonds is 2. The summed E-state index contributed by atoms with van der Waals surface area (Å²) in [6.07, 6.45) is 0.758. The first-order valence-electron chi connectivity index (χ1n) is 6.96. The van der Waals surface area contributed by atoms with Crippen LogP contribution in [0.2, 0.25) is 0 Å². The number of carbonyl (C=O) groups excluding carboxylic acids is 2. The molecule has 1 aromatic carbocycles. The molecular formula is C16H22N2O2. The second-order valence-electron chi connectivity index (χ2n) is 6.66. The van der Waals surface area contributed by atoms with Crippen LogP contribution in [0.1, 0.15) is 32.8 Å². The Labute approximate surface area is 120 Å². The van der Waals surface area contributed by atoms with E-state index in [-0.39, 0.29) is 23.3 Å². The van der Waals surface area contributed by atoms with Crippen LogP contribution in [0.3, 0.4) is 0 Å². The molecular weight excluding hydrogens is 252 g/mol. The van der Waals surface area contributed by atoms with Crippen molar-refractivity contribution in [1.29, 1.82) is 0 Å². The van der Waals surface area contributed by atoms with Gasteiger partial charge in [-0.1, -0.05) is 38.5 Å². The molecule has 1 N–H and O–H groups in total. The van der Waals surface area contributed by atoms with Crippen LogP contribution >= 0.6 is 0 Å². The van der Waals surface area contributed by atoms with Crippen molar-refractivity contribution < 1.29 is 9.59 Å². The molecule has 4 nitrogen and oxygen atoms in total. The van der Waals surface area contributed by atoms with Crippen molar-refractivity contribution in [3.63, 3.8) is 0 Å². The first kappa shape index (κ1) is 14.6. The van der Waals surface area contributed by atoms with E-state index in [2.05, 4.69) is 26.1 Å². The highest BCUT2D eigenvalue weighted by Gasteiger charge is 2.36. The zero-order chi connectivity index (χ0) is 14.9. The van der Waals surface area contributed by atoms with Crippen molar-refractivity contribution in [2.45, 2.75) is 34.1 Å². The van der Waals surface area contributed by atoms with Crippen molar-refractivity contribution in [2.75, 3.05) is 11.4 Å². The Bertz CT molecular complexity index is 514. The van der Waals surface area contributed by atoms with E-state index < -0.39 is 0 Å². The average molecular weight is 274 g/mol. The van der Waals surface area contributed by atoms with E-state index >= 15 is 0 Å². The van der Waals surface area contributed by atoms with E-state index in [9.17, 15) is 9.59 Å². The molecule has 0 aromatic heterocycles. The van der Waals surface area contributed by atoms with Crippen LogP contribution < -0.4 is 10.2 Å². The van der Waals surface area contributed by atoms with E-state index in [0.29, 0.717) is 12.2 Å². The third kappa shape index (κ3) is 3.18. The van der Waals surface area contributed by atoms with Gasteiger partial charge in [-0.2, -0.15) is 0 Å². The van der Waals surface area contributed by atoms with Crippen LogP contribution in [-0.4, -0.2) is 18.5 Å². The highest BCUT2D eigenvalue weighted by atomic mass is 16.2. The van der Waals surface area contributed by atoms with Crippen molar-refractivity contribution in [3.05, 3.63) is 29.8 Å². The summed E-state index contributed by atoms with van der Waals surface area (Å²) in [4.78, 5) is 25.8. The minimum absolute atomic E-state index is 0.0569. The lowest BCUT2D eigenvalue weighted by molar-refractivity contribution is -0.123. The summed E-state index contributed by atoms with van der Waals surface area (Å²) < 4.78 is 0. The van der Waals surface area contributed by atoms with Gasteiger partial charge in [0.15, 0.2) is 0 Å². The lowest BCUT2D eigenvalue weighted by Gasteiger charge is -2.34. The number of nitrogens with one attached hydrogen (secondary N) is 1. The number of carbonyl (C=O) groups is 2. The van der Waals surface area contributed by atoms with Crippen LogP contribution in [0, 0.1) is 18.3 Å². The highest BCUT2D eigenvalue weighted by molar-refractivity contribution is 6.16. The average Bonchev–Trinajstić information content (AvgIpc) is 2.34. The zero-order valence-electron chi connectivity index (χ0n) is 12.6. The predicted octanol–water partition coefficient (Wildman–Crippen LogP) is 3.10. The number of urea groups is 1. The molecule has 2 rings (SSSR count). The second-order valence-corrected chi connectivity index (χ2v) is 6.66. The Hall–Kier alpha value is -1.84. The fraction of sp³-hybridized carbons (Fsp3) is 0.500. The maximum absolute atomic E-state index is 12.6. The van der Waals surface area contributed by atoms with Crippen LogP contribution in [0.5, 0.6) is 0 Å². The van der Waals surface area contributed by atoms with Crippen molar-refractivity contribution in [1.82, 2.24) is 5.32 Å². The molecule has 3 amide bonds. The lowest BCUT2D eigenvalue weighted by atomic mass is 9.83. The summed E-state index contributed by atoms with van der Waals surface area (Å²) >= 11 is 0. The predicted molar refractivity (Wildman–Crippen MR) is 79.6 cm³/mol. The number of benzene rings is 1. The molecule has 108 valence electrons. The van der Waals surface area contributed by atoms with Crippen LogP contribution in [0.15, 0.2) is 24.3 Å². The zero-order valence-corrected chi connectivity index (χ0v) is 12.6. The van der Waals surface area contributed by atoms with Gasteiger partial charge < -0.3 is 5.32 Å². The van der Waals surface area contributed by atoms with Crippen molar-refractivity contribution in [2.24, 2.45) is 11.3 Å². The van der Waals surface area contributed by atoms with Gasteiger partial charge in [0, 0.05) is 6.54 Å². The van der Waals surface area contributed by atoms with Gasteiger partial charge in [0.25, 0.3) is 0 Å². The molecule has 0 aliphatic carbocycles. The van der Waals surface area contributed by atoms with Gasteiger partial charge in [-0.05, 0) is 30.9 Å². The Kier molecular flexibility index (Phi) is 3.84. The fourth-order valence-electron chi connectivity index (χ4n) is 2.50. The molecule has 0 radical (unpaired) electrons.